The minimum atomic E-state index is -0.180. The van der Waals surface area contributed by atoms with Gasteiger partial charge in [-0.2, -0.15) is 0 Å². The van der Waals surface area contributed by atoms with Crippen LogP contribution in [0.2, 0.25) is 0 Å². The molecule has 1 fully saturated rings. The molecule has 0 unspecified atom stereocenters. The van der Waals surface area contributed by atoms with Gasteiger partial charge in [0.1, 0.15) is 11.3 Å². The van der Waals surface area contributed by atoms with Crippen LogP contribution in [0.4, 0.5) is 5.13 Å². The number of ether oxygens (including phenoxy) is 2. The summed E-state index contributed by atoms with van der Waals surface area (Å²) in [6, 6.07) is 21.8. The summed E-state index contributed by atoms with van der Waals surface area (Å²) in [5, 5.41) is 6.99. The lowest BCUT2D eigenvalue weighted by Gasteiger charge is -2.26. The number of fused-ring (bicyclic) bond motifs is 1. The lowest BCUT2D eigenvalue weighted by Crippen LogP contribution is -2.40. The first-order valence-electron chi connectivity index (χ1n) is 12.2. The van der Waals surface area contributed by atoms with Gasteiger partial charge >= 0.3 is 0 Å². The van der Waals surface area contributed by atoms with Crippen LogP contribution in [0.15, 0.2) is 66.7 Å². The van der Waals surface area contributed by atoms with Crippen molar-refractivity contribution >= 4 is 57.4 Å². The lowest BCUT2D eigenvalue weighted by molar-refractivity contribution is 0.0384. The third-order valence-corrected chi connectivity index (χ3v) is 7.29. The van der Waals surface area contributed by atoms with Gasteiger partial charge in [-0.05, 0) is 35.4 Å². The number of thiazole rings is 1. The third kappa shape index (κ3) is 7.22. The van der Waals surface area contributed by atoms with Crippen molar-refractivity contribution in [1.29, 1.82) is 0 Å². The normalized spacial score (nSPS) is 13.4. The molecule has 1 aliphatic rings. The molecule has 0 atom stereocenters. The SMILES string of the molecule is COc1ccc(-c2ccccc2)c2sc(NC(=O)c3ccc(CNCCN4CCOCC4)cc3)nc12.Cl.Cl. The monoisotopic (exact) mass is 574 g/mol. The average Bonchev–Trinajstić information content (AvgIpc) is 3.35. The molecule has 1 aromatic heterocycles. The summed E-state index contributed by atoms with van der Waals surface area (Å²) in [7, 11) is 1.63. The van der Waals surface area contributed by atoms with Gasteiger partial charge < -0.3 is 14.8 Å². The smallest absolute Gasteiger partial charge is 0.257 e. The number of hydrogen-bond donors (Lipinski definition) is 2. The van der Waals surface area contributed by atoms with Gasteiger partial charge in [-0.3, -0.25) is 15.0 Å². The standard InChI is InChI=1S/C28H30N4O3S.2ClH/c1-34-24-12-11-23(21-5-3-2-4-6-21)26-25(24)30-28(36-26)31-27(33)22-9-7-20(8-10-22)19-29-13-14-32-15-17-35-18-16-32;;/h2-12,29H,13-19H2,1H3,(H,30,31,33);2*1H. The topological polar surface area (TPSA) is 75.7 Å². The molecule has 5 rings (SSSR count). The third-order valence-electron chi connectivity index (χ3n) is 6.29. The fourth-order valence-electron chi connectivity index (χ4n) is 4.28. The number of carbonyl (C=O) groups is 1. The number of benzene rings is 3. The summed E-state index contributed by atoms with van der Waals surface area (Å²) in [5.74, 6) is 0.507. The van der Waals surface area contributed by atoms with Crippen molar-refractivity contribution in [2.75, 3.05) is 51.8 Å². The minimum absolute atomic E-state index is 0. The first-order chi connectivity index (χ1) is 17.7. The van der Waals surface area contributed by atoms with Crippen molar-refractivity contribution in [3.63, 3.8) is 0 Å². The molecule has 0 radical (unpaired) electrons. The number of morpholine rings is 1. The van der Waals surface area contributed by atoms with E-state index in [4.69, 9.17) is 9.47 Å². The average molecular weight is 576 g/mol. The molecule has 3 aromatic carbocycles. The van der Waals surface area contributed by atoms with Crippen LogP contribution >= 0.6 is 36.2 Å². The second-order valence-electron chi connectivity index (χ2n) is 8.66. The molecule has 2 N–H and O–H groups in total. The Morgan fingerprint density at radius 1 is 1.03 bits per heavy atom. The molecule has 0 bridgehead atoms. The van der Waals surface area contributed by atoms with E-state index >= 15 is 0 Å². The highest BCUT2D eigenvalue weighted by molar-refractivity contribution is 7.23. The summed E-state index contributed by atoms with van der Waals surface area (Å²) in [6.07, 6.45) is 0. The highest BCUT2D eigenvalue weighted by Gasteiger charge is 2.16. The quantitative estimate of drug-likeness (QED) is 0.257. The van der Waals surface area contributed by atoms with Crippen LogP contribution in [0.1, 0.15) is 15.9 Å². The second-order valence-corrected chi connectivity index (χ2v) is 9.66. The number of hydrogen-bond acceptors (Lipinski definition) is 7. The molecule has 1 aliphatic heterocycles. The van der Waals surface area contributed by atoms with Crippen LogP contribution < -0.4 is 15.4 Å². The van der Waals surface area contributed by atoms with Crippen molar-refractivity contribution < 1.29 is 14.3 Å². The lowest BCUT2D eigenvalue weighted by atomic mass is 10.1. The van der Waals surface area contributed by atoms with E-state index in [-0.39, 0.29) is 30.7 Å². The Balaban J connectivity index is 0.00000200. The van der Waals surface area contributed by atoms with E-state index in [0.29, 0.717) is 16.4 Å². The van der Waals surface area contributed by atoms with Gasteiger partial charge in [0.25, 0.3) is 5.91 Å². The number of anilines is 1. The van der Waals surface area contributed by atoms with Crippen LogP contribution in [0, 0.1) is 0 Å². The molecule has 10 heteroatoms. The maximum Gasteiger partial charge on any atom is 0.257 e. The van der Waals surface area contributed by atoms with Gasteiger partial charge in [-0.25, -0.2) is 4.98 Å². The van der Waals surface area contributed by atoms with Gasteiger partial charge in [-0.15, -0.1) is 24.8 Å². The summed E-state index contributed by atoms with van der Waals surface area (Å²) < 4.78 is 11.9. The van der Waals surface area contributed by atoms with Crippen LogP contribution in [0.3, 0.4) is 0 Å². The molecule has 7 nitrogen and oxygen atoms in total. The summed E-state index contributed by atoms with van der Waals surface area (Å²) in [5.41, 5.74) is 4.65. The van der Waals surface area contributed by atoms with Gasteiger partial charge in [0, 0.05) is 43.9 Å². The van der Waals surface area contributed by atoms with Gasteiger partial charge in [0.15, 0.2) is 5.13 Å². The van der Waals surface area contributed by atoms with Crippen molar-refractivity contribution in [2.45, 2.75) is 6.54 Å². The largest absolute Gasteiger partial charge is 0.494 e. The van der Waals surface area contributed by atoms with Crippen molar-refractivity contribution in [2.24, 2.45) is 0 Å². The van der Waals surface area contributed by atoms with Crippen LogP contribution in [-0.2, 0) is 11.3 Å². The molecule has 202 valence electrons. The Labute approximate surface area is 239 Å². The predicted octanol–water partition coefficient (Wildman–Crippen LogP) is 5.49. The summed E-state index contributed by atoms with van der Waals surface area (Å²) in [6.45, 7) is 6.36. The van der Waals surface area contributed by atoms with E-state index in [0.717, 1.165) is 72.8 Å². The van der Waals surface area contributed by atoms with E-state index in [2.05, 4.69) is 32.7 Å². The zero-order valence-corrected chi connectivity index (χ0v) is 23.6. The Morgan fingerprint density at radius 2 is 1.76 bits per heavy atom. The molecule has 2 heterocycles. The zero-order valence-electron chi connectivity index (χ0n) is 21.1. The van der Waals surface area contributed by atoms with E-state index in [9.17, 15) is 4.79 Å². The predicted molar refractivity (Wildman–Crippen MR) is 159 cm³/mol. The fourth-order valence-corrected chi connectivity index (χ4v) is 5.30. The van der Waals surface area contributed by atoms with Gasteiger partial charge in [0.05, 0.1) is 25.0 Å². The molecular weight excluding hydrogens is 543 g/mol. The van der Waals surface area contributed by atoms with Crippen LogP contribution in [0.25, 0.3) is 21.3 Å². The number of nitrogens with one attached hydrogen (secondary N) is 2. The number of methoxy groups -OCH3 is 1. The number of rotatable bonds is 9. The van der Waals surface area contributed by atoms with E-state index in [1.165, 1.54) is 11.3 Å². The number of nitrogens with zero attached hydrogens (tertiary/aromatic N) is 2. The Kier molecular flexibility index (Phi) is 11.3. The Morgan fingerprint density at radius 3 is 2.47 bits per heavy atom. The van der Waals surface area contributed by atoms with Crippen molar-refractivity contribution in [3.05, 3.63) is 77.9 Å². The summed E-state index contributed by atoms with van der Waals surface area (Å²) in [4.78, 5) is 20.0. The minimum Gasteiger partial charge on any atom is -0.494 e. The molecule has 0 saturated carbocycles. The highest BCUT2D eigenvalue weighted by Crippen LogP contribution is 2.39. The van der Waals surface area contributed by atoms with Gasteiger partial charge in [-0.1, -0.05) is 53.8 Å². The summed E-state index contributed by atoms with van der Waals surface area (Å²) >= 11 is 1.45. The van der Waals surface area contributed by atoms with E-state index in [1.807, 2.05) is 54.6 Å². The highest BCUT2D eigenvalue weighted by atomic mass is 35.5. The number of halogens is 2. The molecule has 0 aliphatic carbocycles. The number of carbonyl (C=O) groups excluding carboxylic acids is 1. The molecule has 4 aromatic rings. The Bertz CT molecular complexity index is 1310. The molecular formula is C28H32Cl2N4O3S. The fraction of sp³-hybridized carbons (Fsp3) is 0.286. The van der Waals surface area contributed by atoms with E-state index in [1.54, 1.807) is 7.11 Å². The molecule has 38 heavy (non-hydrogen) atoms. The van der Waals surface area contributed by atoms with Crippen LogP contribution in [-0.4, -0.2) is 62.3 Å². The molecule has 1 amide bonds. The second kappa shape index (κ2) is 14.4. The molecule has 0 spiro atoms. The van der Waals surface area contributed by atoms with Crippen molar-refractivity contribution in [1.82, 2.24) is 15.2 Å². The molecule has 1 saturated heterocycles. The van der Waals surface area contributed by atoms with Crippen molar-refractivity contribution in [3.8, 4) is 16.9 Å². The number of amides is 1. The first kappa shape index (κ1) is 29.8. The Hall–Kier alpha value is -2.72. The number of aromatic nitrogens is 1. The van der Waals surface area contributed by atoms with E-state index < -0.39 is 0 Å². The maximum atomic E-state index is 12.9. The first-order valence-corrected chi connectivity index (χ1v) is 13.0. The van der Waals surface area contributed by atoms with Gasteiger partial charge in [0.2, 0.25) is 0 Å². The zero-order chi connectivity index (χ0) is 24.7. The maximum absolute atomic E-state index is 12.9. The van der Waals surface area contributed by atoms with Crippen LogP contribution in [0.5, 0.6) is 5.75 Å².